The molecule has 1 aliphatic rings. The van der Waals surface area contributed by atoms with Crippen molar-refractivity contribution in [3.8, 4) is 0 Å². The molecule has 130 valence electrons. The smallest absolute Gasteiger partial charge is 0.345 e. The average molecular weight is 356 g/mol. The standard InChI is InChI=1S/C14H16N2O7S/c1-15(10-6-7-24(21,22)9-10)13(17)8-23-14(18)11-4-2-3-5-12(11)16(19)20/h2-5,10H,6-9H2,1H3/t10-/m0/s1. The molecule has 0 spiro atoms. The first kappa shape index (κ1) is 17.9. The molecular formula is C14H16N2O7S. The van der Waals surface area contributed by atoms with E-state index in [1.165, 1.54) is 30.1 Å². The maximum Gasteiger partial charge on any atom is 0.345 e. The Hall–Kier alpha value is -2.49. The van der Waals surface area contributed by atoms with Crippen LogP contribution in [0, 0.1) is 10.1 Å². The minimum Gasteiger partial charge on any atom is -0.452 e. The van der Waals surface area contributed by atoms with E-state index in [1.807, 2.05) is 0 Å². The van der Waals surface area contributed by atoms with Gasteiger partial charge in [0.15, 0.2) is 16.4 Å². The van der Waals surface area contributed by atoms with Gasteiger partial charge in [0, 0.05) is 19.2 Å². The number of hydrogen-bond acceptors (Lipinski definition) is 7. The van der Waals surface area contributed by atoms with Crippen molar-refractivity contribution >= 4 is 27.4 Å². The second kappa shape index (κ2) is 6.95. The van der Waals surface area contributed by atoms with Crippen LogP contribution in [0.1, 0.15) is 16.8 Å². The van der Waals surface area contributed by atoms with E-state index in [9.17, 15) is 28.1 Å². The number of rotatable bonds is 5. The lowest BCUT2D eigenvalue weighted by atomic mass is 10.2. The fourth-order valence-corrected chi connectivity index (χ4v) is 4.17. The molecule has 0 aliphatic carbocycles. The number of ether oxygens (including phenoxy) is 1. The van der Waals surface area contributed by atoms with Crippen LogP contribution in [0.15, 0.2) is 24.3 Å². The summed E-state index contributed by atoms with van der Waals surface area (Å²) in [6.07, 6.45) is 0.336. The predicted octanol–water partition coefficient (Wildman–Crippen LogP) is 0.397. The first-order valence-electron chi connectivity index (χ1n) is 7.08. The Morgan fingerprint density at radius 1 is 1.38 bits per heavy atom. The molecule has 1 saturated heterocycles. The fraction of sp³-hybridized carbons (Fsp3) is 0.429. The average Bonchev–Trinajstić information content (AvgIpc) is 2.91. The van der Waals surface area contributed by atoms with Crippen LogP contribution >= 0.6 is 0 Å². The zero-order valence-corrected chi connectivity index (χ0v) is 13.7. The van der Waals surface area contributed by atoms with Gasteiger partial charge in [-0.1, -0.05) is 12.1 Å². The molecule has 0 aromatic heterocycles. The third kappa shape index (κ3) is 4.07. The molecule has 0 N–H and O–H groups in total. The first-order valence-corrected chi connectivity index (χ1v) is 8.90. The number of para-hydroxylation sites is 1. The SMILES string of the molecule is CN(C(=O)COC(=O)c1ccccc1[N+](=O)[O-])[C@H]1CCS(=O)(=O)C1. The minimum atomic E-state index is -3.14. The van der Waals surface area contributed by atoms with Crippen molar-refractivity contribution in [2.24, 2.45) is 0 Å². The van der Waals surface area contributed by atoms with Crippen LogP contribution < -0.4 is 0 Å². The predicted molar refractivity (Wildman–Crippen MR) is 83.2 cm³/mol. The van der Waals surface area contributed by atoms with Crippen LogP contribution in [0.4, 0.5) is 5.69 Å². The van der Waals surface area contributed by atoms with Gasteiger partial charge in [-0.15, -0.1) is 0 Å². The first-order chi connectivity index (χ1) is 11.2. The summed E-state index contributed by atoms with van der Waals surface area (Å²) < 4.78 is 27.7. The van der Waals surface area contributed by atoms with Gasteiger partial charge in [0.25, 0.3) is 11.6 Å². The summed E-state index contributed by atoms with van der Waals surface area (Å²) in [5.41, 5.74) is -0.661. The third-order valence-electron chi connectivity index (χ3n) is 3.80. The third-order valence-corrected chi connectivity index (χ3v) is 5.55. The molecule has 0 saturated carbocycles. The number of sulfone groups is 1. The molecule has 1 aromatic carbocycles. The van der Waals surface area contributed by atoms with E-state index < -0.39 is 45.0 Å². The van der Waals surface area contributed by atoms with Gasteiger partial charge in [-0.25, -0.2) is 13.2 Å². The maximum atomic E-state index is 12.0. The van der Waals surface area contributed by atoms with Crippen LogP contribution in [0.25, 0.3) is 0 Å². The van der Waals surface area contributed by atoms with Gasteiger partial charge in [0.1, 0.15) is 5.56 Å². The zero-order chi connectivity index (χ0) is 17.9. The molecule has 9 nitrogen and oxygen atoms in total. The van der Waals surface area contributed by atoms with Crippen LogP contribution in [-0.2, 0) is 19.4 Å². The number of nitro groups is 1. The van der Waals surface area contributed by atoms with E-state index in [0.717, 1.165) is 6.07 Å². The summed E-state index contributed by atoms with van der Waals surface area (Å²) >= 11 is 0. The Morgan fingerprint density at radius 3 is 2.62 bits per heavy atom. The molecule has 10 heteroatoms. The van der Waals surface area contributed by atoms with Crippen LogP contribution in [-0.4, -0.2) is 61.3 Å². The van der Waals surface area contributed by atoms with E-state index in [-0.39, 0.29) is 17.1 Å². The minimum absolute atomic E-state index is 0.0191. The molecule has 0 bridgehead atoms. The number of carbonyl (C=O) groups excluding carboxylic acids is 2. The van der Waals surface area contributed by atoms with Crippen LogP contribution in [0.2, 0.25) is 0 Å². The molecule has 1 heterocycles. The highest BCUT2D eigenvalue weighted by atomic mass is 32.2. The number of nitrogens with zero attached hydrogens (tertiary/aromatic N) is 2. The van der Waals surface area contributed by atoms with E-state index in [4.69, 9.17) is 4.74 Å². The Kier molecular flexibility index (Phi) is 5.17. The van der Waals surface area contributed by atoms with Crippen molar-refractivity contribution in [2.45, 2.75) is 12.5 Å². The molecule has 2 rings (SSSR count). The number of hydrogen-bond donors (Lipinski definition) is 0. The largest absolute Gasteiger partial charge is 0.452 e. The van der Waals surface area contributed by atoms with Crippen LogP contribution in [0.3, 0.4) is 0 Å². The van der Waals surface area contributed by atoms with Gasteiger partial charge in [0.05, 0.1) is 16.4 Å². The van der Waals surface area contributed by atoms with Gasteiger partial charge >= 0.3 is 5.97 Å². The van der Waals surface area contributed by atoms with Crippen molar-refractivity contribution in [3.05, 3.63) is 39.9 Å². The molecule has 1 aliphatic heterocycles. The Balaban J connectivity index is 1.97. The highest BCUT2D eigenvalue weighted by molar-refractivity contribution is 7.91. The van der Waals surface area contributed by atoms with E-state index in [1.54, 1.807) is 0 Å². The van der Waals surface area contributed by atoms with Crippen molar-refractivity contribution in [1.29, 1.82) is 0 Å². The van der Waals surface area contributed by atoms with Crippen molar-refractivity contribution < 1.29 is 27.7 Å². The van der Waals surface area contributed by atoms with Gasteiger partial charge < -0.3 is 9.64 Å². The molecule has 0 unspecified atom stereocenters. The van der Waals surface area contributed by atoms with Crippen molar-refractivity contribution in [2.75, 3.05) is 25.2 Å². The Labute approximate surface area is 138 Å². The number of benzene rings is 1. The Morgan fingerprint density at radius 2 is 2.04 bits per heavy atom. The summed E-state index contributed by atoms with van der Waals surface area (Å²) in [6, 6.07) is 4.80. The fourth-order valence-electron chi connectivity index (χ4n) is 2.40. The summed E-state index contributed by atoms with van der Waals surface area (Å²) in [6.45, 7) is -0.613. The molecule has 1 aromatic rings. The summed E-state index contributed by atoms with van der Waals surface area (Å²) in [5, 5.41) is 10.9. The number of carbonyl (C=O) groups is 2. The number of likely N-dealkylation sites (N-methyl/N-ethyl adjacent to an activating group) is 1. The lowest BCUT2D eigenvalue weighted by Gasteiger charge is -2.23. The van der Waals surface area contributed by atoms with Crippen molar-refractivity contribution in [1.82, 2.24) is 4.90 Å². The molecule has 1 fully saturated rings. The molecule has 1 amide bonds. The Bertz CT molecular complexity index is 775. The lowest BCUT2D eigenvalue weighted by molar-refractivity contribution is -0.385. The normalized spacial score (nSPS) is 18.8. The van der Waals surface area contributed by atoms with Gasteiger partial charge in [-0.05, 0) is 12.5 Å². The van der Waals surface area contributed by atoms with Crippen molar-refractivity contribution in [3.63, 3.8) is 0 Å². The summed E-state index contributed by atoms with van der Waals surface area (Å²) in [4.78, 5) is 35.3. The molecule has 0 radical (unpaired) electrons. The molecular weight excluding hydrogens is 340 g/mol. The molecule has 1 atom stereocenters. The van der Waals surface area contributed by atoms with E-state index >= 15 is 0 Å². The highest BCUT2D eigenvalue weighted by Crippen LogP contribution is 2.19. The number of nitro benzene ring substituents is 1. The second-order valence-corrected chi connectivity index (χ2v) is 7.64. The van der Waals surface area contributed by atoms with Gasteiger partial charge in [-0.2, -0.15) is 0 Å². The molecule has 24 heavy (non-hydrogen) atoms. The summed E-state index contributed by atoms with van der Waals surface area (Å²) in [5.74, 6) is -1.65. The number of esters is 1. The zero-order valence-electron chi connectivity index (χ0n) is 12.9. The number of amides is 1. The highest BCUT2D eigenvalue weighted by Gasteiger charge is 2.33. The van der Waals surface area contributed by atoms with Gasteiger partial charge in [-0.3, -0.25) is 14.9 Å². The topological polar surface area (TPSA) is 124 Å². The quantitative estimate of drug-likeness (QED) is 0.425. The maximum absolute atomic E-state index is 12.0. The van der Waals surface area contributed by atoms with Gasteiger partial charge in [0.2, 0.25) is 0 Å². The van der Waals surface area contributed by atoms with Crippen LogP contribution in [0.5, 0.6) is 0 Å². The van der Waals surface area contributed by atoms with E-state index in [0.29, 0.717) is 6.42 Å². The van der Waals surface area contributed by atoms with E-state index in [2.05, 4.69) is 0 Å². The summed E-state index contributed by atoms with van der Waals surface area (Å²) in [7, 11) is -1.70. The lowest BCUT2D eigenvalue weighted by Crippen LogP contribution is -2.40. The monoisotopic (exact) mass is 356 g/mol. The second-order valence-electron chi connectivity index (χ2n) is 5.41.